The molecule has 3 rings (SSSR count). The maximum absolute atomic E-state index is 14.7. The summed E-state index contributed by atoms with van der Waals surface area (Å²) >= 11 is 1.82. The number of esters is 1. The summed E-state index contributed by atoms with van der Waals surface area (Å²) in [5.41, 5.74) is 1.88. The van der Waals surface area contributed by atoms with E-state index in [-0.39, 0.29) is 5.69 Å². The van der Waals surface area contributed by atoms with Gasteiger partial charge in [0.25, 0.3) is 5.91 Å². The first kappa shape index (κ1) is 28.0. The van der Waals surface area contributed by atoms with Crippen LogP contribution in [-0.4, -0.2) is 52.5 Å². The molecule has 3 atom stereocenters. The minimum atomic E-state index is -5.45. The second kappa shape index (κ2) is 10.0. The number of alkyl halides is 3. The van der Waals surface area contributed by atoms with Crippen molar-refractivity contribution in [3.63, 3.8) is 0 Å². The number of likely N-dealkylation sites (tertiary alicyclic amines) is 1. The molecule has 36 heavy (non-hydrogen) atoms. The summed E-state index contributed by atoms with van der Waals surface area (Å²) in [7, 11) is 0. The lowest BCUT2D eigenvalue weighted by atomic mass is 9.78. The Kier molecular flexibility index (Phi) is 7.81. The monoisotopic (exact) mass is 631 g/mol. The quantitative estimate of drug-likeness (QED) is 0.253. The molecule has 1 saturated heterocycles. The number of carbonyl (C=O) groups is 2. The predicted octanol–water partition coefficient (Wildman–Crippen LogP) is 4.05. The Morgan fingerprint density at radius 3 is 2.39 bits per heavy atom. The van der Waals surface area contributed by atoms with Crippen molar-refractivity contribution in [2.45, 2.75) is 37.9 Å². The number of anilines is 2. The molecule has 0 bridgehead atoms. The smallest absolute Gasteiger partial charge is 0.431 e. The van der Waals surface area contributed by atoms with Gasteiger partial charge in [0.15, 0.2) is 17.2 Å². The first-order valence-corrected chi connectivity index (χ1v) is 11.4. The molecule has 0 saturated carbocycles. The third-order valence-electron chi connectivity index (χ3n) is 5.66. The normalized spacial score (nSPS) is 20.7. The largest absolute Gasteiger partial charge is 0.491 e. The van der Waals surface area contributed by atoms with E-state index in [1.807, 2.05) is 22.6 Å². The molecule has 0 spiro atoms. The number of amides is 1. The fraction of sp³-hybridized carbons (Fsp3) is 0.364. The minimum Gasteiger partial charge on any atom is -0.431 e. The second-order valence-corrected chi connectivity index (χ2v) is 9.73. The summed E-state index contributed by atoms with van der Waals surface area (Å²) in [5.74, 6) is -8.27. The molecular formula is C22H20F6IN3O4. The van der Waals surface area contributed by atoms with Gasteiger partial charge in [0.2, 0.25) is 6.23 Å². The molecule has 196 valence electrons. The van der Waals surface area contributed by atoms with E-state index in [4.69, 9.17) is 5.73 Å². The highest BCUT2D eigenvalue weighted by Gasteiger charge is 2.62. The van der Waals surface area contributed by atoms with E-state index in [1.165, 1.54) is 12.1 Å². The molecule has 7 nitrogen and oxygen atoms in total. The lowest BCUT2D eigenvalue weighted by Gasteiger charge is -2.55. The van der Waals surface area contributed by atoms with Crippen LogP contribution in [0.5, 0.6) is 0 Å². The Morgan fingerprint density at radius 1 is 1.19 bits per heavy atom. The summed E-state index contributed by atoms with van der Waals surface area (Å²) < 4.78 is 86.6. The highest BCUT2D eigenvalue weighted by Crippen LogP contribution is 2.39. The number of nitrogens with one attached hydrogen (secondary N) is 1. The fourth-order valence-corrected chi connectivity index (χ4v) is 4.14. The van der Waals surface area contributed by atoms with Gasteiger partial charge in [-0.1, -0.05) is 13.8 Å². The average molecular weight is 631 g/mol. The van der Waals surface area contributed by atoms with Crippen LogP contribution >= 0.6 is 22.6 Å². The highest BCUT2D eigenvalue weighted by atomic mass is 127. The van der Waals surface area contributed by atoms with Crippen LogP contribution in [-0.2, 0) is 9.53 Å². The summed E-state index contributed by atoms with van der Waals surface area (Å²) in [6, 6.07) is 3.90. The molecule has 0 aliphatic carbocycles. The van der Waals surface area contributed by atoms with E-state index in [9.17, 15) is 41.0 Å². The number of nitrogens with zero attached hydrogens (tertiary/aromatic N) is 1. The van der Waals surface area contributed by atoms with Gasteiger partial charge in [-0.2, -0.15) is 13.2 Å². The van der Waals surface area contributed by atoms with E-state index in [1.54, 1.807) is 13.8 Å². The Morgan fingerprint density at radius 2 is 1.83 bits per heavy atom. The summed E-state index contributed by atoms with van der Waals surface area (Å²) in [5, 5.41) is 13.2. The molecule has 4 N–H and O–H groups in total. The lowest BCUT2D eigenvalue weighted by molar-refractivity contribution is -0.268. The first-order valence-electron chi connectivity index (χ1n) is 10.3. The Labute approximate surface area is 214 Å². The third kappa shape index (κ3) is 5.25. The van der Waals surface area contributed by atoms with Gasteiger partial charge in [0.1, 0.15) is 5.82 Å². The summed E-state index contributed by atoms with van der Waals surface area (Å²) in [6.07, 6.45) is -7.64. The SMILES string of the molecule is CC(C)C(N)C1(O)CN(C(=O)c2ccc(F)c(F)c2Nc2ccc(I)cc2F)C1OC(=O)C(F)(F)F. The maximum atomic E-state index is 14.7. The average Bonchev–Trinajstić information content (AvgIpc) is 2.78. The van der Waals surface area contributed by atoms with Crippen molar-refractivity contribution in [2.24, 2.45) is 11.7 Å². The van der Waals surface area contributed by atoms with Crippen molar-refractivity contribution >= 4 is 45.8 Å². The van der Waals surface area contributed by atoms with Gasteiger partial charge in [-0.25, -0.2) is 18.0 Å². The molecule has 0 aromatic heterocycles. The van der Waals surface area contributed by atoms with Crippen molar-refractivity contribution in [3.8, 4) is 0 Å². The van der Waals surface area contributed by atoms with Crippen molar-refractivity contribution in [1.29, 1.82) is 0 Å². The van der Waals surface area contributed by atoms with Crippen molar-refractivity contribution in [2.75, 3.05) is 11.9 Å². The van der Waals surface area contributed by atoms with Gasteiger partial charge < -0.3 is 20.9 Å². The number of ether oxygens (including phenoxy) is 1. The van der Waals surface area contributed by atoms with E-state index >= 15 is 0 Å². The van der Waals surface area contributed by atoms with Crippen molar-refractivity contribution in [3.05, 3.63) is 56.9 Å². The number of nitrogens with two attached hydrogens (primary N) is 1. The molecule has 2 aromatic carbocycles. The molecule has 2 aromatic rings. The zero-order chi connectivity index (χ0) is 27.2. The Balaban J connectivity index is 2.02. The van der Waals surface area contributed by atoms with Gasteiger partial charge in [-0.15, -0.1) is 0 Å². The van der Waals surface area contributed by atoms with Crippen molar-refractivity contribution in [1.82, 2.24) is 4.90 Å². The van der Waals surface area contributed by atoms with Crippen LogP contribution in [0, 0.1) is 26.9 Å². The number of aliphatic hydroxyl groups is 1. The molecular weight excluding hydrogens is 611 g/mol. The molecule has 1 heterocycles. The van der Waals surface area contributed by atoms with Gasteiger partial charge in [-0.05, 0) is 58.8 Å². The number of benzene rings is 2. The zero-order valence-corrected chi connectivity index (χ0v) is 20.8. The van der Waals surface area contributed by atoms with E-state index in [0.717, 1.165) is 12.1 Å². The van der Waals surface area contributed by atoms with Crippen LogP contribution in [0.3, 0.4) is 0 Å². The number of hydrogen-bond acceptors (Lipinski definition) is 6. The molecule has 1 amide bonds. The van der Waals surface area contributed by atoms with E-state index in [0.29, 0.717) is 14.5 Å². The Bertz CT molecular complexity index is 1200. The molecule has 1 fully saturated rings. The Hall–Kier alpha value is -2.59. The van der Waals surface area contributed by atoms with Crippen LogP contribution in [0.1, 0.15) is 24.2 Å². The van der Waals surface area contributed by atoms with Gasteiger partial charge in [0, 0.05) is 9.61 Å². The molecule has 1 aliphatic rings. The van der Waals surface area contributed by atoms with E-state index in [2.05, 4.69) is 10.1 Å². The number of halogens is 7. The molecule has 0 radical (unpaired) electrons. The third-order valence-corrected chi connectivity index (χ3v) is 6.33. The number of hydrogen-bond donors (Lipinski definition) is 3. The number of β-amino-alcohol motifs (C(OH)–C–C–N with tert-alkyl or cyclic N) is 1. The first-order chi connectivity index (χ1) is 16.6. The van der Waals surface area contributed by atoms with Gasteiger partial charge in [-0.3, -0.25) is 9.69 Å². The topological polar surface area (TPSA) is 105 Å². The highest BCUT2D eigenvalue weighted by molar-refractivity contribution is 14.1. The second-order valence-electron chi connectivity index (χ2n) is 8.48. The maximum Gasteiger partial charge on any atom is 0.491 e. The zero-order valence-electron chi connectivity index (χ0n) is 18.7. The van der Waals surface area contributed by atoms with E-state index < -0.39 is 77.1 Å². The van der Waals surface area contributed by atoms with Crippen LogP contribution in [0.2, 0.25) is 0 Å². The van der Waals surface area contributed by atoms with Crippen LogP contribution < -0.4 is 11.1 Å². The standard InChI is InChI=1S/C22H20F6IN3O4/c1-9(2)17(30)21(35)8-32(19(21)36-20(34)22(26,27)28)18(33)11-4-5-12(23)15(25)16(11)31-14-6-3-10(29)7-13(14)24/h3-7,9,17,19,31,35H,8,30H2,1-2H3. The molecule has 1 aliphatic heterocycles. The molecule has 3 unspecified atom stereocenters. The number of carbonyl (C=O) groups excluding carboxylic acids is 2. The van der Waals surface area contributed by atoms with Crippen molar-refractivity contribution < 1.29 is 45.8 Å². The van der Waals surface area contributed by atoms with Crippen LogP contribution in [0.4, 0.5) is 37.7 Å². The summed E-state index contributed by atoms with van der Waals surface area (Å²) in [6.45, 7) is 2.41. The van der Waals surface area contributed by atoms with Crippen LogP contribution in [0.25, 0.3) is 0 Å². The lowest BCUT2D eigenvalue weighted by Crippen LogP contribution is -2.79. The fourth-order valence-electron chi connectivity index (χ4n) is 3.68. The predicted molar refractivity (Wildman–Crippen MR) is 123 cm³/mol. The number of rotatable bonds is 6. The van der Waals surface area contributed by atoms with Gasteiger partial charge in [0.05, 0.1) is 23.5 Å². The summed E-state index contributed by atoms with van der Waals surface area (Å²) in [4.78, 5) is 25.3. The van der Waals surface area contributed by atoms with Crippen LogP contribution in [0.15, 0.2) is 30.3 Å². The minimum absolute atomic E-state index is 0.323. The molecule has 14 heteroatoms. The van der Waals surface area contributed by atoms with Gasteiger partial charge >= 0.3 is 12.1 Å².